The van der Waals surface area contributed by atoms with Gasteiger partial charge in [-0.2, -0.15) is 5.10 Å². The van der Waals surface area contributed by atoms with Crippen molar-refractivity contribution in [2.24, 2.45) is 7.05 Å². The third kappa shape index (κ3) is 3.53. The van der Waals surface area contributed by atoms with Crippen molar-refractivity contribution in [1.29, 1.82) is 0 Å². The Hall–Kier alpha value is -1.42. The lowest BCUT2D eigenvalue weighted by Gasteiger charge is -2.03. The van der Waals surface area contributed by atoms with Crippen LogP contribution in [0.1, 0.15) is 17.7 Å². The smallest absolute Gasteiger partial charge is 0.137 e. The first-order valence-corrected chi connectivity index (χ1v) is 6.67. The number of aromatic nitrogens is 2. The third-order valence-corrected chi connectivity index (χ3v) is 3.43. The van der Waals surface area contributed by atoms with Gasteiger partial charge in [-0.3, -0.25) is 9.48 Å². The first-order chi connectivity index (χ1) is 8.65. The molecule has 1 aromatic heterocycles. The second kappa shape index (κ2) is 5.96. The van der Waals surface area contributed by atoms with E-state index in [4.69, 9.17) is 0 Å². The summed E-state index contributed by atoms with van der Waals surface area (Å²) in [5.41, 5.74) is 2.16. The van der Waals surface area contributed by atoms with Crippen LogP contribution < -0.4 is 0 Å². The van der Waals surface area contributed by atoms with E-state index in [1.54, 1.807) is 6.20 Å². The molecule has 0 atom stereocenters. The van der Waals surface area contributed by atoms with Gasteiger partial charge in [-0.05, 0) is 30.2 Å². The monoisotopic (exact) mass is 306 g/mol. The molecule has 0 radical (unpaired) electrons. The van der Waals surface area contributed by atoms with Crippen molar-refractivity contribution >= 4 is 21.7 Å². The van der Waals surface area contributed by atoms with Crippen LogP contribution in [0.2, 0.25) is 0 Å². The molecular formula is C14H15BrN2O. The maximum Gasteiger partial charge on any atom is 0.137 e. The fourth-order valence-corrected chi connectivity index (χ4v) is 2.10. The fourth-order valence-electron chi connectivity index (χ4n) is 1.83. The van der Waals surface area contributed by atoms with Crippen LogP contribution in [0.25, 0.3) is 0 Å². The fraction of sp³-hybridized carbons (Fsp3) is 0.286. The number of hydrogen-bond donors (Lipinski definition) is 0. The predicted octanol–water partition coefficient (Wildman–Crippen LogP) is 2.93. The molecule has 0 aliphatic carbocycles. The van der Waals surface area contributed by atoms with E-state index in [2.05, 4.69) is 21.0 Å². The molecule has 0 fully saturated rings. The van der Waals surface area contributed by atoms with E-state index in [0.717, 1.165) is 22.2 Å². The maximum absolute atomic E-state index is 11.9. The minimum absolute atomic E-state index is 0.263. The lowest BCUT2D eigenvalue weighted by atomic mass is 10.1. The van der Waals surface area contributed by atoms with Crippen molar-refractivity contribution in [3.63, 3.8) is 0 Å². The van der Waals surface area contributed by atoms with Crippen LogP contribution in [0.15, 0.2) is 41.0 Å². The highest BCUT2D eigenvalue weighted by atomic mass is 79.9. The molecule has 0 unspecified atom stereocenters. The minimum atomic E-state index is 0.263. The van der Waals surface area contributed by atoms with Crippen LogP contribution in [0.3, 0.4) is 0 Å². The van der Waals surface area contributed by atoms with Crippen molar-refractivity contribution in [2.75, 3.05) is 0 Å². The number of hydrogen-bond acceptors (Lipinski definition) is 2. The number of rotatable bonds is 5. The van der Waals surface area contributed by atoms with E-state index in [0.29, 0.717) is 12.8 Å². The molecule has 0 N–H and O–H groups in total. The van der Waals surface area contributed by atoms with E-state index in [1.165, 1.54) is 0 Å². The van der Waals surface area contributed by atoms with Crippen molar-refractivity contribution in [1.82, 2.24) is 9.78 Å². The summed E-state index contributed by atoms with van der Waals surface area (Å²) in [5, 5.41) is 4.09. The summed E-state index contributed by atoms with van der Waals surface area (Å²) in [4.78, 5) is 11.9. The molecule has 4 heteroatoms. The highest BCUT2D eigenvalue weighted by molar-refractivity contribution is 9.10. The summed E-state index contributed by atoms with van der Waals surface area (Å²) in [6.07, 6.45) is 3.58. The van der Waals surface area contributed by atoms with Crippen LogP contribution in [-0.4, -0.2) is 15.6 Å². The van der Waals surface area contributed by atoms with Gasteiger partial charge in [-0.1, -0.05) is 28.1 Å². The summed E-state index contributed by atoms with van der Waals surface area (Å²) in [7, 11) is 1.90. The number of aryl methyl sites for hydroxylation is 2. The molecule has 0 saturated heterocycles. The molecular weight excluding hydrogens is 292 g/mol. The first-order valence-electron chi connectivity index (χ1n) is 5.88. The van der Waals surface area contributed by atoms with Crippen LogP contribution in [0.4, 0.5) is 0 Å². The molecule has 0 saturated carbocycles. The Bertz CT molecular complexity index is 531. The number of halogens is 1. The first kappa shape index (κ1) is 13.0. The third-order valence-electron chi connectivity index (χ3n) is 2.90. The van der Waals surface area contributed by atoms with E-state index in [-0.39, 0.29) is 5.78 Å². The minimum Gasteiger partial charge on any atom is -0.299 e. The molecule has 2 aromatic rings. The highest BCUT2D eigenvalue weighted by Gasteiger charge is 2.06. The van der Waals surface area contributed by atoms with Crippen molar-refractivity contribution < 1.29 is 4.79 Å². The van der Waals surface area contributed by atoms with Crippen molar-refractivity contribution in [3.8, 4) is 0 Å². The number of ketones is 1. The standard InChI is InChI=1S/C14H15BrN2O/c1-17-13(8-9-16-17)6-7-14(18)10-11-2-4-12(15)5-3-11/h2-5,8-9H,6-7,10H2,1H3. The van der Waals surface area contributed by atoms with Crippen molar-refractivity contribution in [3.05, 3.63) is 52.3 Å². The van der Waals surface area contributed by atoms with Gasteiger partial charge in [0.05, 0.1) is 0 Å². The zero-order valence-corrected chi connectivity index (χ0v) is 11.9. The Kier molecular flexibility index (Phi) is 4.31. The number of carbonyl (C=O) groups is 1. The summed E-state index contributed by atoms with van der Waals surface area (Å²) < 4.78 is 2.85. The molecule has 1 aromatic carbocycles. The van der Waals surface area contributed by atoms with E-state index < -0.39 is 0 Å². The topological polar surface area (TPSA) is 34.9 Å². The van der Waals surface area contributed by atoms with Gasteiger partial charge in [0.1, 0.15) is 5.78 Å². The molecule has 1 heterocycles. The quantitative estimate of drug-likeness (QED) is 0.851. The molecule has 18 heavy (non-hydrogen) atoms. The normalized spacial score (nSPS) is 10.6. The summed E-state index contributed by atoms with van der Waals surface area (Å²) in [5.74, 6) is 0.263. The van der Waals surface area contributed by atoms with Gasteiger partial charge in [-0.15, -0.1) is 0 Å². The van der Waals surface area contributed by atoms with E-state index >= 15 is 0 Å². The Balaban J connectivity index is 1.86. The SMILES string of the molecule is Cn1nccc1CCC(=O)Cc1ccc(Br)cc1. The number of carbonyl (C=O) groups excluding carboxylic acids is 1. The van der Waals surface area contributed by atoms with Gasteiger partial charge in [0, 0.05) is 36.3 Å². The molecule has 3 nitrogen and oxygen atoms in total. The summed E-state index contributed by atoms with van der Waals surface area (Å²) in [6, 6.07) is 9.83. The number of nitrogens with zero attached hydrogens (tertiary/aromatic N) is 2. The summed E-state index contributed by atoms with van der Waals surface area (Å²) >= 11 is 3.38. The second-order valence-corrected chi connectivity index (χ2v) is 5.20. The van der Waals surface area contributed by atoms with Gasteiger partial charge in [0.25, 0.3) is 0 Å². The molecule has 94 valence electrons. The van der Waals surface area contributed by atoms with Crippen LogP contribution >= 0.6 is 15.9 Å². The average Bonchev–Trinajstić information content (AvgIpc) is 2.75. The van der Waals surface area contributed by atoms with E-state index in [1.807, 2.05) is 42.1 Å². The molecule has 0 aliphatic rings. The van der Waals surface area contributed by atoms with Crippen LogP contribution in [0.5, 0.6) is 0 Å². The van der Waals surface area contributed by atoms with Gasteiger partial charge in [0.2, 0.25) is 0 Å². The highest BCUT2D eigenvalue weighted by Crippen LogP contribution is 2.12. The Morgan fingerprint density at radius 1 is 1.28 bits per heavy atom. The number of benzene rings is 1. The molecule has 0 spiro atoms. The largest absolute Gasteiger partial charge is 0.299 e. The van der Waals surface area contributed by atoms with Crippen LogP contribution in [0, 0.1) is 0 Å². The Morgan fingerprint density at radius 2 is 2.00 bits per heavy atom. The second-order valence-electron chi connectivity index (χ2n) is 4.29. The molecule has 0 bridgehead atoms. The molecule has 0 aliphatic heterocycles. The Labute approximate surface area is 115 Å². The summed E-state index contributed by atoms with van der Waals surface area (Å²) in [6.45, 7) is 0. The molecule has 0 amide bonds. The van der Waals surface area contributed by atoms with E-state index in [9.17, 15) is 4.79 Å². The molecule has 2 rings (SSSR count). The lowest BCUT2D eigenvalue weighted by Crippen LogP contribution is -2.06. The van der Waals surface area contributed by atoms with Crippen molar-refractivity contribution in [2.45, 2.75) is 19.3 Å². The van der Waals surface area contributed by atoms with Gasteiger partial charge in [-0.25, -0.2) is 0 Å². The van der Waals surface area contributed by atoms with Crippen LogP contribution in [-0.2, 0) is 24.7 Å². The zero-order valence-electron chi connectivity index (χ0n) is 10.3. The van der Waals surface area contributed by atoms with Gasteiger partial charge in [0.15, 0.2) is 0 Å². The average molecular weight is 307 g/mol. The maximum atomic E-state index is 11.9. The van der Waals surface area contributed by atoms with Gasteiger partial charge < -0.3 is 0 Å². The number of Topliss-reactive ketones (excluding diaryl/α,β-unsaturated/α-hetero) is 1. The Morgan fingerprint density at radius 3 is 2.61 bits per heavy atom. The zero-order chi connectivity index (χ0) is 13.0. The van der Waals surface area contributed by atoms with Gasteiger partial charge >= 0.3 is 0 Å². The predicted molar refractivity (Wildman–Crippen MR) is 74.4 cm³/mol. The lowest BCUT2D eigenvalue weighted by molar-refractivity contribution is -0.118.